The first-order valence-electron chi connectivity index (χ1n) is 8.88. The van der Waals surface area contributed by atoms with Gasteiger partial charge in [0.15, 0.2) is 0 Å². The molecule has 2 amide bonds. The molecule has 0 saturated heterocycles. The molecule has 0 atom stereocenters. The van der Waals surface area contributed by atoms with Gasteiger partial charge in [-0.3, -0.25) is 9.59 Å². The molecule has 0 bridgehead atoms. The highest BCUT2D eigenvalue weighted by Crippen LogP contribution is 2.35. The molecule has 0 aliphatic carbocycles. The molecule has 1 aliphatic heterocycles. The molecule has 26 heavy (non-hydrogen) atoms. The molecule has 3 aromatic rings. The number of aromatic nitrogens is 1. The average Bonchev–Trinajstić information content (AvgIpc) is 3.04. The minimum atomic E-state index is -0.131. The molecule has 132 valence electrons. The smallest absolute Gasteiger partial charge is 0.231 e. The van der Waals surface area contributed by atoms with Gasteiger partial charge in [0.05, 0.1) is 17.8 Å². The van der Waals surface area contributed by atoms with Crippen LogP contribution in [0.5, 0.6) is 0 Å². The van der Waals surface area contributed by atoms with E-state index in [0.29, 0.717) is 18.7 Å². The molecular formula is C21H21N3O2. The van der Waals surface area contributed by atoms with E-state index in [1.165, 1.54) is 6.92 Å². The summed E-state index contributed by atoms with van der Waals surface area (Å²) in [5, 5.41) is 3.94. The number of para-hydroxylation sites is 2. The van der Waals surface area contributed by atoms with Crippen molar-refractivity contribution in [1.82, 2.24) is 4.98 Å². The SMILES string of the molecule is CC(=O)Nc1cccc2c1N(C(=O)Cc1c[nH]c3ccccc13)CCC2. The molecule has 0 unspecified atom stereocenters. The van der Waals surface area contributed by atoms with E-state index >= 15 is 0 Å². The van der Waals surface area contributed by atoms with Crippen LogP contribution in [0.2, 0.25) is 0 Å². The summed E-state index contributed by atoms with van der Waals surface area (Å²) < 4.78 is 0. The Hall–Kier alpha value is -3.08. The fourth-order valence-electron chi connectivity index (χ4n) is 3.73. The Morgan fingerprint density at radius 2 is 2.00 bits per heavy atom. The van der Waals surface area contributed by atoms with Crippen molar-refractivity contribution >= 4 is 34.1 Å². The standard InChI is InChI=1S/C21H21N3O2/c1-14(25)23-19-10-4-6-15-7-5-11-24(21(15)19)20(26)12-16-13-22-18-9-3-2-8-17(16)18/h2-4,6,8-10,13,22H,5,7,11-12H2,1H3,(H,23,25). The van der Waals surface area contributed by atoms with Gasteiger partial charge >= 0.3 is 0 Å². The Balaban J connectivity index is 1.67. The highest BCUT2D eigenvalue weighted by Gasteiger charge is 2.26. The molecule has 0 radical (unpaired) electrons. The quantitative estimate of drug-likeness (QED) is 0.759. The monoisotopic (exact) mass is 347 g/mol. The molecule has 2 aromatic carbocycles. The highest BCUT2D eigenvalue weighted by atomic mass is 16.2. The molecule has 5 nitrogen and oxygen atoms in total. The topological polar surface area (TPSA) is 65.2 Å². The molecule has 0 saturated carbocycles. The summed E-state index contributed by atoms with van der Waals surface area (Å²) in [5.74, 6) is -0.0819. The van der Waals surface area contributed by atoms with Crippen LogP contribution in [0.3, 0.4) is 0 Å². The number of anilines is 2. The minimum absolute atomic E-state index is 0.0495. The molecule has 1 aliphatic rings. The fraction of sp³-hybridized carbons (Fsp3) is 0.238. The number of hydrogen-bond donors (Lipinski definition) is 2. The zero-order valence-electron chi connectivity index (χ0n) is 14.7. The number of H-pyrrole nitrogens is 1. The molecule has 2 heterocycles. The van der Waals surface area contributed by atoms with Crippen molar-refractivity contribution in [1.29, 1.82) is 0 Å². The van der Waals surface area contributed by atoms with Gasteiger partial charge in [0, 0.05) is 30.6 Å². The van der Waals surface area contributed by atoms with E-state index in [1.54, 1.807) is 0 Å². The Labute approximate surface area is 152 Å². The largest absolute Gasteiger partial charge is 0.361 e. The second-order valence-corrected chi connectivity index (χ2v) is 6.68. The number of rotatable bonds is 3. The van der Waals surface area contributed by atoms with Crippen molar-refractivity contribution in [3.8, 4) is 0 Å². The number of carbonyl (C=O) groups excluding carboxylic acids is 2. The Bertz CT molecular complexity index is 990. The van der Waals surface area contributed by atoms with E-state index in [0.717, 1.165) is 40.6 Å². The third-order valence-corrected chi connectivity index (χ3v) is 4.85. The van der Waals surface area contributed by atoms with E-state index in [-0.39, 0.29) is 11.8 Å². The van der Waals surface area contributed by atoms with Gasteiger partial charge < -0.3 is 15.2 Å². The number of aryl methyl sites for hydroxylation is 1. The number of fused-ring (bicyclic) bond motifs is 2. The van der Waals surface area contributed by atoms with Crippen LogP contribution in [0, 0.1) is 0 Å². The zero-order valence-corrected chi connectivity index (χ0v) is 14.7. The normalized spacial score (nSPS) is 13.5. The van der Waals surface area contributed by atoms with Crippen LogP contribution < -0.4 is 10.2 Å². The molecule has 0 spiro atoms. The van der Waals surface area contributed by atoms with E-state index in [1.807, 2.05) is 53.6 Å². The summed E-state index contributed by atoms with van der Waals surface area (Å²) in [7, 11) is 0. The van der Waals surface area contributed by atoms with Gasteiger partial charge in [0.1, 0.15) is 0 Å². The lowest BCUT2D eigenvalue weighted by Gasteiger charge is -2.31. The fourth-order valence-corrected chi connectivity index (χ4v) is 3.73. The highest BCUT2D eigenvalue weighted by molar-refractivity contribution is 6.03. The van der Waals surface area contributed by atoms with Gasteiger partial charge in [-0.05, 0) is 36.1 Å². The second kappa shape index (κ2) is 6.67. The number of nitrogens with one attached hydrogen (secondary N) is 2. The lowest BCUT2D eigenvalue weighted by atomic mass is 9.99. The lowest BCUT2D eigenvalue weighted by Crippen LogP contribution is -2.37. The van der Waals surface area contributed by atoms with Crippen LogP contribution in [0.25, 0.3) is 10.9 Å². The van der Waals surface area contributed by atoms with Gasteiger partial charge in [0.2, 0.25) is 11.8 Å². The van der Waals surface area contributed by atoms with Crippen LogP contribution in [-0.2, 0) is 22.4 Å². The number of benzene rings is 2. The second-order valence-electron chi connectivity index (χ2n) is 6.68. The Kier molecular flexibility index (Phi) is 4.21. The van der Waals surface area contributed by atoms with Crippen molar-refractivity contribution in [2.45, 2.75) is 26.2 Å². The zero-order chi connectivity index (χ0) is 18.1. The summed E-state index contributed by atoms with van der Waals surface area (Å²) in [6.45, 7) is 2.16. The third kappa shape index (κ3) is 2.96. The van der Waals surface area contributed by atoms with Crippen LogP contribution >= 0.6 is 0 Å². The van der Waals surface area contributed by atoms with Crippen molar-refractivity contribution in [3.05, 3.63) is 59.8 Å². The summed E-state index contributed by atoms with van der Waals surface area (Å²) in [5.41, 5.74) is 4.69. The van der Waals surface area contributed by atoms with Crippen molar-refractivity contribution in [2.75, 3.05) is 16.8 Å². The lowest BCUT2D eigenvalue weighted by molar-refractivity contribution is -0.118. The summed E-state index contributed by atoms with van der Waals surface area (Å²) in [4.78, 5) is 29.7. The molecule has 2 N–H and O–H groups in total. The maximum absolute atomic E-state index is 13.1. The first-order chi connectivity index (χ1) is 12.6. The van der Waals surface area contributed by atoms with Gasteiger partial charge in [-0.2, -0.15) is 0 Å². The van der Waals surface area contributed by atoms with Gasteiger partial charge in [-0.1, -0.05) is 30.3 Å². The minimum Gasteiger partial charge on any atom is -0.361 e. The predicted octanol–water partition coefficient (Wildman–Crippen LogP) is 3.65. The summed E-state index contributed by atoms with van der Waals surface area (Å²) in [6.07, 6.45) is 4.08. The van der Waals surface area contributed by atoms with Crippen LogP contribution in [0.15, 0.2) is 48.7 Å². The average molecular weight is 347 g/mol. The Morgan fingerprint density at radius 1 is 1.15 bits per heavy atom. The maximum atomic E-state index is 13.1. The number of amides is 2. The van der Waals surface area contributed by atoms with Gasteiger partial charge in [0.25, 0.3) is 0 Å². The first-order valence-corrected chi connectivity index (χ1v) is 8.88. The van der Waals surface area contributed by atoms with E-state index in [2.05, 4.69) is 10.3 Å². The molecule has 4 rings (SSSR count). The predicted molar refractivity (Wildman–Crippen MR) is 103 cm³/mol. The molecule has 0 fully saturated rings. The molecule has 1 aromatic heterocycles. The van der Waals surface area contributed by atoms with Crippen LogP contribution in [0.1, 0.15) is 24.5 Å². The van der Waals surface area contributed by atoms with Crippen molar-refractivity contribution < 1.29 is 9.59 Å². The van der Waals surface area contributed by atoms with E-state index < -0.39 is 0 Å². The number of carbonyl (C=O) groups is 2. The maximum Gasteiger partial charge on any atom is 0.231 e. The summed E-state index contributed by atoms with van der Waals surface area (Å²) >= 11 is 0. The Morgan fingerprint density at radius 3 is 2.85 bits per heavy atom. The van der Waals surface area contributed by atoms with E-state index in [4.69, 9.17) is 0 Å². The molecular weight excluding hydrogens is 326 g/mol. The third-order valence-electron chi connectivity index (χ3n) is 4.85. The van der Waals surface area contributed by atoms with Gasteiger partial charge in [-0.15, -0.1) is 0 Å². The summed E-state index contributed by atoms with van der Waals surface area (Å²) in [6, 6.07) is 13.8. The number of aromatic amines is 1. The molecule has 5 heteroatoms. The number of hydrogen-bond acceptors (Lipinski definition) is 2. The van der Waals surface area contributed by atoms with Crippen LogP contribution in [-0.4, -0.2) is 23.3 Å². The number of nitrogens with zero attached hydrogens (tertiary/aromatic N) is 1. The van der Waals surface area contributed by atoms with Gasteiger partial charge in [-0.25, -0.2) is 0 Å². The first kappa shape index (κ1) is 16.4. The van der Waals surface area contributed by atoms with Crippen LogP contribution in [0.4, 0.5) is 11.4 Å². The van der Waals surface area contributed by atoms with E-state index in [9.17, 15) is 9.59 Å². The van der Waals surface area contributed by atoms with Crippen molar-refractivity contribution in [3.63, 3.8) is 0 Å². The van der Waals surface area contributed by atoms with Crippen molar-refractivity contribution in [2.24, 2.45) is 0 Å².